The first-order chi connectivity index (χ1) is 10.1. The summed E-state index contributed by atoms with van der Waals surface area (Å²) < 4.78 is 10.8. The molecule has 21 heavy (non-hydrogen) atoms. The van der Waals surface area contributed by atoms with E-state index in [9.17, 15) is 0 Å². The van der Waals surface area contributed by atoms with Gasteiger partial charge in [0.25, 0.3) is 0 Å². The van der Waals surface area contributed by atoms with Crippen LogP contribution in [0, 0.1) is 13.8 Å². The normalized spacial score (nSPS) is 10.9. The Labute approximate surface area is 126 Å². The highest BCUT2D eigenvalue weighted by molar-refractivity contribution is 5.83. The lowest BCUT2D eigenvalue weighted by Gasteiger charge is -2.09. The highest BCUT2D eigenvalue weighted by Gasteiger charge is 2.04. The summed E-state index contributed by atoms with van der Waals surface area (Å²) in [6.45, 7) is 6.76. The molecule has 0 saturated carbocycles. The van der Waals surface area contributed by atoms with Crippen molar-refractivity contribution in [2.24, 2.45) is 4.99 Å². The topological polar surface area (TPSA) is 30.8 Å². The molecule has 0 aliphatic rings. The minimum Gasteiger partial charge on any atom is -0.493 e. The molecule has 0 aliphatic carbocycles. The van der Waals surface area contributed by atoms with Crippen LogP contribution in [-0.4, -0.2) is 19.9 Å². The predicted octanol–water partition coefficient (Wildman–Crippen LogP) is 4.46. The molecule has 0 aliphatic heterocycles. The van der Waals surface area contributed by atoms with E-state index in [1.54, 1.807) is 7.11 Å². The maximum Gasteiger partial charge on any atom is 0.161 e. The summed E-state index contributed by atoms with van der Waals surface area (Å²) in [6, 6.07) is 12.0. The van der Waals surface area contributed by atoms with Crippen molar-refractivity contribution in [3.63, 3.8) is 0 Å². The minimum atomic E-state index is 0.617. The van der Waals surface area contributed by atoms with Crippen molar-refractivity contribution in [3.05, 3.63) is 53.1 Å². The molecule has 110 valence electrons. The van der Waals surface area contributed by atoms with Crippen LogP contribution in [0.3, 0.4) is 0 Å². The number of rotatable bonds is 5. The van der Waals surface area contributed by atoms with E-state index in [0.717, 1.165) is 22.7 Å². The van der Waals surface area contributed by atoms with Crippen LogP contribution in [0.25, 0.3) is 0 Å². The van der Waals surface area contributed by atoms with Gasteiger partial charge in [-0.3, -0.25) is 4.99 Å². The molecular formula is C18H21NO2. The molecule has 0 amide bonds. The first-order valence-corrected chi connectivity index (χ1v) is 7.06. The summed E-state index contributed by atoms with van der Waals surface area (Å²) in [4.78, 5) is 4.51. The molecule has 0 saturated heterocycles. The van der Waals surface area contributed by atoms with Crippen LogP contribution in [0.5, 0.6) is 11.5 Å². The lowest BCUT2D eigenvalue weighted by Crippen LogP contribution is -1.96. The van der Waals surface area contributed by atoms with E-state index in [4.69, 9.17) is 9.47 Å². The van der Waals surface area contributed by atoms with Crippen LogP contribution in [0.2, 0.25) is 0 Å². The molecular weight excluding hydrogens is 262 g/mol. The van der Waals surface area contributed by atoms with Gasteiger partial charge in [-0.25, -0.2) is 0 Å². The quantitative estimate of drug-likeness (QED) is 0.758. The molecule has 0 N–H and O–H groups in total. The maximum atomic E-state index is 5.51. The van der Waals surface area contributed by atoms with Crippen LogP contribution in [-0.2, 0) is 0 Å². The van der Waals surface area contributed by atoms with E-state index in [-0.39, 0.29) is 0 Å². The van der Waals surface area contributed by atoms with Gasteiger partial charge in [0, 0.05) is 6.21 Å². The van der Waals surface area contributed by atoms with Gasteiger partial charge in [0.15, 0.2) is 11.5 Å². The number of methoxy groups -OCH3 is 1. The molecule has 0 aromatic heterocycles. The summed E-state index contributed by atoms with van der Waals surface area (Å²) in [5.41, 5.74) is 4.45. The minimum absolute atomic E-state index is 0.617. The Balaban J connectivity index is 2.22. The molecule has 0 radical (unpaired) electrons. The molecule has 3 nitrogen and oxygen atoms in total. The molecule has 0 spiro atoms. The number of aryl methyl sites for hydroxylation is 2. The molecule has 0 atom stereocenters. The third kappa shape index (κ3) is 3.85. The molecule has 0 unspecified atom stereocenters. The highest BCUT2D eigenvalue weighted by Crippen LogP contribution is 2.27. The van der Waals surface area contributed by atoms with Gasteiger partial charge < -0.3 is 9.47 Å². The smallest absolute Gasteiger partial charge is 0.161 e. The van der Waals surface area contributed by atoms with Gasteiger partial charge in [0.2, 0.25) is 0 Å². The second kappa shape index (κ2) is 6.93. The summed E-state index contributed by atoms with van der Waals surface area (Å²) in [6.07, 6.45) is 1.84. The van der Waals surface area contributed by atoms with Crippen LogP contribution in [0.15, 0.2) is 41.4 Å². The standard InChI is InChI=1S/C18H21NO2/c1-5-21-17-9-7-15(11-18(17)20-4)12-19-16-8-6-13(2)14(3)10-16/h6-12H,5H2,1-4H3. The molecule has 2 aromatic carbocycles. The largest absolute Gasteiger partial charge is 0.493 e. The fraction of sp³-hybridized carbons (Fsp3) is 0.278. The molecule has 3 heteroatoms. The van der Waals surface area contributed by atoms with E-state index in [1.807, 2.05) is 37.4 Å². The molecule has 0 bridgehead atoms. The third-order valence-corrected chi connectivity index (χ3v) is 3.34. The zero-order chi connectivity index (χ0) is 15.2. The van der Waals surface area contributed by atoms with Gasteiger partial charge in [-0.15, -0.1) is 0 Å². The van der Waals surface area contributed by atoms with Crippen molar-refractivity contribution in [1.82, 2.24) is 0 Å². The maximum absolute atomic E-state index is 5.51. The van der Waals surface area contributed by atoms with Crippen molar-refractivity contribution < 1.29 is 9.47 Å². The number of benzene rings is 2. The first kappa shape index (κ1) is 15.1. The lowest BCUT2D eigenvalue weighted by molar-refractivity contribution is 0.311. The van der Waals surface area contributed by atoms with Gasteiger partial charge >= 0.3 is 0 Å². The zero-order valence-corrected chi connectivity index (χ0v) is 13.0. The van der Waals surface area contributed by atoms with E-state index in [1.165, 1.54) is 11.1 Å². The average molecular weight is 283 g/mol. The lowest BCUT2D eigenvalue weighted by atomic mass is 10.1. The van der Waals surface area contributed by atoms with Crippen molar-refractivity contribution >= 4 is 11.9 Å². The van der Waals surface area contributed by atoms with Crippen LogP contribution in [0.1, 0.15) is 23.6 Å². The zero-order valence-electron chi connectivity index (χ0n) is 13.0. The Bertz CT molecular complexity index is 648. The molecule has 2 aromatic rings. The summed E-state index contributed by atoms with van der Waals surface area (Å²) in [7, 11) is 1.64. The Kier molecular flexibility index (Phi) is 4.99. The summed E-state index contributed by atoms with van der Waals surface area (Å²) >= 11 is 0. The second-order valence-electron chi connectivity index (χ2n) is 4.87. The van der Waals surface area contributed by atoms with Gasteiger partial charge in [-0.05, 0) is 67.8 Å². The van der Waals surface area contributed by atoms with Crippen LogP contribution >= 0.6 is 0 Å². The second-order valence-corrected chi connectivity index (χ2v) is 4.87. The molecule has 0 fully saturated rings. The molecule has 0 heterocycles. The SMILES string of the molecule is CCOc1ccc(C=Nc2ccc(C)c(C)c2)cc1OC. The Morgan fingerprint density at radius 2 is 1.81 bits per heavy atom. The fourth-order valence-electron chi connectivity index (χ4n) is 1.99. The van der Waals surface area contributed by atoms with Crippen LogP contribution in [0.4, 0.5) is 5.69 Å². The van der Waals surface area contributed by atoms with Gasteiger partial charge in [-0.2, -0.15) is 0 Å². The van der Waals surface area contributed by atoms with Crippen molar-refractivity contribution in [3.8, 4) is 11.5 Å². The Morgan fingerprint density at radius 3 is 2.48 bits per heavy atom. The van der Waals surface area contributed by atoms with Crippen molar-refractivity contribution in [2.75, 3.05) is 13.7 Å². The number of ether oxygens (including phenoxy) is 2. The third-order valence-electron chi connectivity index (χ3n) is 3.34. The predicted molar refractivity (Wildman–Crippen MR) is 87.3 cm³/mol. The molecule has 2 rings (SSSR count). The van der Waals surface area contributed by atoms with Crippen molar-refractivity contribution in [2.45, 2.75) is 20.8 Å². The highest BCUT2D eigenvalue weighted by atomic mass is 16.5. The monoisotopic (exact) mass is 283 g/mol. The van der Waals surface area contributed by atoms with Gasteiger partial charge in [0.05, 0.1) is 19.4 Å². The van der Waals surface area contributed by atoms with Gasteiger partial charge in [0.1, 0.15) is 0 Å². The van der Waals surface area contributed by atoms with Gasteiger partial charge in [-0.1, -0.05) is 6.07 Å². The number of nitrogens with zero attached hydrogens (tertiary/aromatic N) is 1. The number of hydrogen-bond acceptors (Lipinski definition) is 3. The average Bonchev–Trinajstić information content (AvgIpc) is 2.49. The number of aliphatic imine (C=N–C) groups is 1. The number of hydrogen-bond donors (Lipinski definition) is 0. The van der Waals surface area contributed by atoms with Crippen molar-refractivity contribution in [1.29, 1.82) is 0 Å². The van der Waals surface area contributed by atoms with E-state index >= 15 is 0 Å². The summed E-state index contributed by atoms with van der Waals surface area (Å²) in [5.74, 6) is 1.48. The summed E-state index contributed by atoms with van der Waals surface area (Å²) in [5, 5.41) is 0. The Morgan fingerprint density at radius 1 is 1.00 bits per heavy atom. The van der Waals surface area contributed by atoms with E-state index in [0.29, 0.717) is 6.61 Å². The van der Waals surface area contributed by atoms with E-state index in [2.05, 4.69) is 31.0 Å². The van der Waals surface area contributed by atoms with Crippen LogP contribution < -0.4 is 9.47 Å². The fourth-order valence-corrected chi connectivity index (χ4v) is 1.99. The Hall–Kier alpha value is -2.29. The van der Waals surface area contributed by atoms with E-state index < -0.39 is 0 Å². The first-order valence-electron chi connectivity index (χ1n) is 7.06.